The van der Waals surface area contributed by atoms with Crippen LogP contribution < -0.4 is 0 Å². The van der Waals surface area contributed by atoms with E-state index in [1.807, 2.05) is 0 Å². The predicted octanol–water partition coefficient (Wildman–Crippen LogP) is -0.559. The lowest BCUT2D eigenvalue weighted by atomic mass is 10.3. The molecule has 110 valence electrons. The van der Waals surface area contributed by atoms with Crippen molar-refractivity contribution in [1.82, 2.24) is 19.6 Å². The monoisotopic (exact) mass is 284 g/mol. The van der Waals surface area contributed by atoms with Gasteiger partial charge in [-0.1, -0.05) is 0 Å². The Kier molecular flexibility index (Phi) is 3.38. The number of rotatable bonds is 2. The Morgan fingerprint density at radius 1 is 1.05 bits per heavy atom. The first-order chi connectivity index (χ1) is 9.32. The maximum absolute atomic E-state index is 12.2. The predicted molar refractivity (Wildman–Crippen MR) is 64.9 cm³/mol. The maximum Gasteiger partial charge on any atom is 0.332 e. The summed E-state index contributed by atoms with van der Waals surface area (Å²) in [5.74, 6) is -1.05. The number of hydrogen-bond acceptors (Lipinski definition) is 5. The molecular weight excluding hydrogens is 268 g/mol. The molecule has 0 saturated carbocycles. The molecule has 2 aliphatic rings. The molecule has 0 aliphatic carbocycles. The van der Waals surface area contributed by atoms with E-state index in [2.05, 4.69) is 0 Å². The third-order valence-corrected chi connectivity index (χ3v) is 3.42. The Labute approximate surface area is 115 Å². The van der Waals surface area contributed by atoms with Crippen LogP contribution in [0.1, 0.15) is 13.8 Å². The van der Waals surface area contributed by atoms with Gasteiger partial charge in [0.1, 0.15) is 6.73 Å². The number of hydrogen-bond donors (Lipinski definition) is 0. The Balaban J connectivity index is 2.49. The summed E-state index contributed by atoms with van der Waals surface area (Å²) in [5.41, 5.74) is 0. The minimum atomic E-state index is -0.954. The number of amides is 6. The maximum atomic E-state index is 12.2. The van der Waals surface area contributed by atoms with E-state index >= 15 is 0 Å². The number of fused-ring (bicyclic) bond motifs is 1. The van der Waals surface area contributed by atoms with E-state index in [9.17, 15) is 19.2 Å². The standard InChI is InChI=1S/C11H16N4O5/c1-6(16)14-9-8(12(3)10(14)18)13(5-20-4)11(19)15(9)7(2)17/h8-9H,5H2,1-4H3. The molecule has 0 bridgehead atoms. The first-order valence-corrected chi connectivity index (χ1v) is 5.98. The molecule has 0 aromatic rings. The van der Waals surface area contributed by atoms with Crippen LogP contribution in [0, 0.1) is 0 Å². The zero-order chi connectivity index (χ0) is 15.2. The average molecular weight is 284 g/mol. The Bertz CT molecular complexity index is 493. The number of carbonyl (C=O) groups excluding carboxylic acids is 4. The van der Waals surface area contributed by atoms with Crippen LogP contribution in [0.2, 0.25) is 0 Å². The summed E-state index contributed by atoms with van der Waals surface area (Å²) >= 11 is 0. The number of ether oxygens (including phenoxy) is 1. The van der Waals surface area contributed by atoms with Gasteiger partial charge in [-0.15, -0.1) is 0 Å². The van der Waals surface area contributed by atoms with E-state index in [4.69, 9.17) is 4.74 Å². The van der Waals surface area contributed by atoms with Crippen molar-refractivity contribution in [3.05, 3.63) is 0 Å². The summed E-state index contributed by atoms with van der Waals surface area (Å²) in [5, 5.41) is 0. The van der Waals surface area contributed by atoms with Crippen molar-refractivity contribution in [2.24, 2.45) is 0 Å². The Morgan fingerprint density at radius 2 is 1.55 bits per heavy atom. The van der Waals surface area contributed by atoms with Crippen molar-refractivity contribution in [3.8, 4) is 0 Å². The number of nitrogens with zero attached hydrogens (tertiary/aromatic N) is 4. The van der Waals surface area contributed by atoms with Gasteiger partial charge in [-0.3, -0.25) is 14.5 Å². The lowest BCUT2D eigenvalue weighted by molar-refractivity contribution is -0.134. The molecule has 0 spiro atoms. The molecule has 20 heavy (non-hydrogen) atoms. The van der Waals surface area contributed by atoms with Gasteiger partial charge in [0.25, 0.3) is 0 Å². The van der Waals surface area contributed by atoms with Gasteiger partial charge in [-0.05, 0) is 0 Å². The van der Waals surface area contributed by atoms with Crippen molar-refractivity contribution < 1.29 is 23.9 Å². The lowest BCUT2D eigenvalue weighted by Crippen LogP contribution is -2.50. The van der Waals surface area contributed by atoms with Crippen LogP contribution in [-0.2, 0) is 14.3 Å². The summed E-state index contributed by atoms with van der Waals surface area (Å²) in [7, 11) is 2.88. The summed E-state index contributed by atoms with van der Waals surface area (Å²) in [6.07, 6.45) is -1.69. The number of carbonyl (C=O) groups is 4. The normalized spacial score (nSPS) is 25.6. The van der Waals surface area contributed by atoms with E-state index in [-0.39, 0.29) is 6.73 Å². The van der Waals surface area contributed by atoms with Crippen LogP contribution >= 0.6 is 0 Å². The molecule has 2 saturated heterocycles. The topological polar surface area (TPSA) is 90.5 Å². The smallest absolute Gasteiger partial charge is 0.332 e. The van der Waals surface area contributed by atoms with E-state index in [0.717, 1.165) is 9.80 Å². The van der Waals surface area contributed by atoms with E-state index in [0.29, 0.717) is 0 Å². The Morgan fingerprint density at radius 3 is 2.00 bits per heavy atom. The first-order valence-electron chi connectivity index (χ1n) is 5.98. The third kappa shape index (κ3) is 1.73. The fourth-order valence-corrected chi connectivity index (χ4v) is 2.63. The van der Waals surface area contributed by atoms with Crippen LogP contribution in [0.25, 0.3) is 0 Å². The number of likely N-dealkylation sites (N-methyl/N-ethyl adjacent to an activating group) is 1. The van der Waals surface area contributed by atoms with Gasteiger partial charge in [0.15, 0.2) is 12.3 Å². The van der Waals surface area contributed by atoms with Gasteiger partial charge in [0.05, 0.1) is 0 Å². The van der Waals surface area contributed by atoms with Crippen LogP contribution in [0.15, 0.2) is 0 Å². The summed E-state index contributed by atoms with van der Waals surface area (Å²) in [6, 6.07) is -1.13. The first kappa shape index (κ1) is 14.3. The second kappa shape index (κ2) is 4.75. The zero-order valence-electron chi connectivity index (χ0n) is 11.7. The fourth-order valence-electron chi connectivity index (χ4n) is 2.63. The molecule has 0 aromatic carbocycles. The minimum absolute atomic E-state index is 0.0762. The van der Waals surface area contributed by atoms with Crippen LogP contribution in [0.3, 0.4) is 0 Å². The second-order valence-electron chi connectivity index (χ2n) is 4.67. The van der Waals surface area contributed by atoms with Gasteiger partial charge in [0, 0.05) is 28.0 Å². The van der Waals surface area contributed by atoms with E-state index in [1.54, 1.807) is 0 Å². The van der Waals surface area contributed by atoms with Crippen molar-refractivity contribution in [2.45, 2.75) is 26.2 Å². The molecular formula is C11H16N4O5. The minimum Gasteiger partial charge on any atom is -0.364 e. The average Bonchev–Trinajstić information content (AvgIpc) is 2.75. The van der Waals surface area contributed by atoms with Crippen molar-refractivity contribution in [1.29, 1.82) is 0 Å². The lowest BCUT2D eigenvalue weighted by Gasteiger charge is -2.25. The van der Waals surface area contributed by atoms with Crippen LogP contribution in [-0.4, -0.2) is 76.7 Å². The zero-order valence-corrected chi connectivity index (χ0v) is 11.7. The van der Waals surface area contributed by atoms with Crippen molar-refractivity contribution in [2.75, 3.05) is 20.9 Å². The second-order valence-corrected chi connectivity index (χ2v) is 4.67. The molecule has 2 heterocycles. The quantitative estimate of drug-likeness (QED) is 0.678. The van der Waals surface area contributed by atoms with Gasteiger partial charge >= 0.3 is 12.1 Å². The van der Waals surface area contributed by atoms with Crippen molar-refractivity contribution in [3.63, 3.8) is 0 Å². The van der Waals surface area contributed by atoms with E-state index < -0.39 is 36.2 Å². The molecule has 6 amide bonds. The molecule has 9 nitrogen and oxygen atoms in total. The highest BCUT2D eigenvalue weighted by Gasteiger charge is 2.60. The summed E-state index contributed by atoms with van der Waals surface area (Å²) in [6.45, 7) is 2.36. The van der Waals surface area contributed by atoms with Gasteiger partial charge in [-0.2, -0.15) is 0 Å². The third-order valence-electron chi connectivity index (χ3n) is 3.42. The molecule has 2 aliphatic heterocycles. The van der Waals surface area contributed by atoms with Crippen LogP contribution in [0.4, 0.5) is 9.59 Å². The molecule has 0 radical (unpaired) electrons. The van der Waals surface area contributed by atoms with Crippen molar-refractivity contribution >= 4 is 23.9 Å². The number of methoxy groups -OCH3 is 1. The molecule has 2 rings (SSSR count). The van der Waals surface area contributed by atoms with E-state index in [1.165, 1.54) is 37.8 Å². The molecule has 9 heteroatoms. The number of imide groups is 2. The molecule has 2 unspecified atom stereocenters. The summed E-state index contributed by atoms with van der Waals surface area (Å²) in [4.78, 5) is 52.0. The van der Waals surface area contributed by atoms with Crippen LogP contribution in [0.5, 0.6) is 0 Å². The molecule has 2 fully saturated rings. The molecule has 2 atom stereocenters. The number of urea groups is 2. The molecule has 0 N–H and O–H groups in total. The SMILES string of the molecule is COCN1C(=O)N(C(C)=O)C2C1N(C)C(=O)N2C(C)=O. The summed E-state index contributed by atoms with van der Waals surface area (Å²) < 4.78 is 4.94. The highest BCUT2D eigenvalue weighted by molar-refractivity contribution is 6.02. The highest BCUT2D eigenvalue weighted by atomic mass is 16.5. The van der Waals surface area contributed by atoms with Gasteiger partial charge in [-0.25, -0.2) is 19.4 Å². The fraction of sp³-hybridized carbons (Fsp3) is 0.636. The Hall–Kier alpha value is -2.16. The van der Waals surface area contributed by atoms with Gasteiger partial charge in [0.2, 0.25) is 11.8 Å². The van der Waals surface area contributed by atoms with Gasteiger partial charge < -0.3 is 9.64 Å². The highest BCUT2D eigenvalue weighted by Crippen LogP contribution is 2.34. The largest absolute Gasteiger partial charge is 0.364 e. The molecule has 0 aromatic heterocycles.